The third-order valence-electron chi connectivity index (χ3n) is 5.36. The molecule has 0 unspecified atom stereocenters. The molecule has 1 atom stereocenters. The summed E-state index contributed by atoms with van der Waals surface area (Å²) in [7, 11) is 2.12. The molecule has 2 aliphatic heterocycles. The minimum absolute atomic E-state index is 0.125. The zero-order chi connectivity index (χ0) is 18.7. The fraction of sp³-hybridized carbons (Fsp3) is 0.632. The third-order valence-corrected chi connectivity index (χ3v) is 5.36. The highest BCUT2D eigenvalue weighted by molar-refractivity contribution is 5.94. The molecule has 7 heteroatoms. The molecular formula is C19H26F3N3O. The molecule has 0 bridgehead atoms. The molecule has 144 valence electrons. The van der Waals surface area contributed by atoms with Crippen molar-refractivity contribution in [2.75, 3.05) is 52.9 Å². The van der Waals surface area contributed by atoms with Crippen LogP contribution in [0.2, 0.25) is 0 Å². The third kappa shape index (κ3) is 4.76. The zero-order valence-electron chi connectivity index (χ0n) is 15.1. The van der Waals surface area contributed by atoms with E-state index < -0.39 is 11.7 Å². The number of rotatable bonds is 3. The fourth-order valence-electron chi connectivity index (χ4n) is 3.81. The second-order valence-electron chi connectivity index (χ2n) is 7.44. The topological polar surface area (TPSA) is 26.8 Å². The molecule has 1 aromatic rings. The van der Waals surface area contributed by atoms with Gasteiger partial charge in [0.1, 0.15) is 0 Å². The summed E-state index contributed by atoms with van der Waals surface area (Å²) in [6.45, 7) is 6.39. The van der Waals surface area contributed by atoms with Crippen molar-refractivity contribution in [2.45, 2.75) is 19.0 Å². The van der Waals surface area contributed by atoms with Crippen LogP contribution in [-0.4, -0.2) is 73.5 Å². The van der Waals surface area contributed by atoms with Gasteiger partial charge in [-0.15, -0.1) is 0 Å². The molecule has 1 aromatic carbocycles. The monoisotopic (exact) mass is 369 g/mol. The van der Waals surface area contributed by atoms with Gasteiger partial charge in [-0.3, -0.25) is 4.79 Å². The van der Waals surface area contributed by atoms with Gasteiger partial charge in [0.15, 0.2) is 0 Å². The Bertz CT molecular complexity index is 627. The maximum absolute atomic E-state index is 12.9. The second kappa shape index (κ2) is 7.96. The normalized spacial score (nSPS) is 23.2. The van der Waals surface area contributed by atoms with Crippen LogP contribution in [-0.2, 0) is 6.18 Å². The summed E-state index contributed by atoms with van der Waals surface area (Å²) in [6.07, 6.45) is -2.45. The number of amides is 1. The lowest BCUT2D eigenvalue weighted by atomic mass is 9.96. The Hall–Kier alpha value is -1.60. The molecule has 0 saturated carbocycles. The summed E-state index contributed by atoms with van der Waals surface area (Å²) >= 11 is 0. The number of alkyl halides is 3. The van der Waals surface area contributed by atoms with Crippen LogP contribution in [0.15, 0.2) is 24.3 Å². The van der Waals surface area contributed by atoms with Gasteiger partial charge < -0.3 is 14.7 Å². The van der Waals surface area contributed by atoms with Gasteiger partial charge in [0, 0.05) is 51.4 Å². The van der Waals surface area contributed by atoms with Gasteiger partial charge in [0.05, 0.1) is 5.56 Å². The SMILES string of the molecule is CN1CCN(C[C@H]2CCCN(C(=O)c3cccc(C(F)(F)F)c3)C2)CC1. The molecular weight excluding hydrogens is 343 g/mol. The van der Waals surface area contributed by atoms with Gasteiger partial charge in [-0.05, 0) is 44.0 Å². The molecule has 2 saturated heterocycles. The number of piperidine rings is 1. The molecule has 2 heterocycles. The van der Waals surface area contributed by atoms with Crippen LogP contribution >= 0.6 is 0 Å². The highest BCUT2D eigenvalue weighted by Crippen LogP contribution is 2.30. The van der Waals surface area contributed by atoms with E-state index in [1.54, 1.807) is 4.90 Å². The quantitative estimate of drug-likeness (QED) is 0.820. The number of nitrogens with zero attached hydrogens (tertiary/aromatic N) is 3. The standard InChI is InChI=1S/C19H26F3N3O/c1-23-8-10-24(11-9-23)13-15-4-3-7-25(14-15)18(26)16-5-2-6-17(12-16)19(20,21)22/h2,5-6,12,15H,3-4,7-11,13-14H2,1H3/t15-/m1/s1. The summed E-state index contributed by atoms with van der Waals surface area (Å²) in [5.74, 6) is 0.0982. The van der Waals surface area contributed by atoms with E-state index in [2.05, 4.69) is 16.8 Å². The summed E-state index contributed by atoms with van der Waals surface area (Å²) in [6, 6.07) is 4.75. The lowest BCUT2D eigenvalue weighted by Crippen LogP contribution is -2.49. The summed E-state index contributed by atoms with van der Waals surface area (Å²) in [4.78, 5) is 19.2. The summed E-state index contributed by atoms with van der Waals surface area (Å²) in [5, 5.41) is 0. The minimum atomic E-state index is -4.43. The molecule has 0 aliphatic carbocycles. The van der Waals surface area contributed by atoms with Crippen molar-refractivity contribution in [1.29, 1.82) is 0 Å². The number of likely N-dealkylation sites (tertiary alicyclic amines) is 1. The highest BCUT2D eigenvalue weighted by Gasteiger charge is 2.32. The van der Waals surface area contributed by atoms with E-state index in [1.165, 1.54) is 12.1 Å². The maximum Gasteiger partial charge on any atom is 0.416 e. The Morgan fingerprint density at radius 1 is 1.15 bits per heavy atom. The van der Waals surface area contributed by atoms with Crippen molar-refractivity contribution in [1.82, 2.24) is 14.7 Å². The molecule has 0 aromatic heterocycles. The van der Waals surface area contributed by atoms with Crippen LogP contribution in [0, 0.1) is 5.92 Å². The van der Waals surface area contributed by atoms with Crippen molar-refractivity contribution < 1.29 is 18.0 Å². The lowest BCUT2D eigenvalue weighted by Gasteiger charge is -2.38. The number of piperazine rings is 1. The van der Waals surface area contributed by atoms with Crippen LogP contribution < -0.4 is 0 Å². The van der Waals surface area contributed by atoms with Crippen LogP contribution in [0.5, 0.6) is 0 Å². The van der Waals surface area contributed by atoms with Crippen molar-refractivity contribution in [3.05, 3.63) is 35.4 Å². The first-order valence-corrected chi connectivity index (χ1v) is 9.20. The van der Waals surface area contributed by atoms with Crippen molar-refractivity contribution in [3.63, 3.8) is 0 Å². The van der Waals surface area contributed by atoms with Crippen LogP contribution in [0.1, 0.15) is 28.8 Å². The van der Waals surface area contributed by atoms with Crippen LogP contribution in [0.25, 0.3) is 0 Å². The van der Waals surface area contributed by atoms with Crippen molar-refractivity contribution in [3.8, 4) is 0 Å². The number of likely N-dealkylation sites (N-methyl/N-ethyl adjacent to an activating group) is 1. The Morgan fingerprint density at radius 2 is 1.88 bits per heavy atom. The van der Waals surface area contributed by atoms with Gasteiger partial charge in [-0.1, -0.05) is 6.07 Å². The molecule has 26 heavy (non-hydrogen) atoms. The average Bonchev–Trinajstić information content (AvgIpc) is 2.63. The van der Waals surface area contributed by atoms with E-state index >= 15 is 0 Å². The number of benzene rings is 1. The Morgan fingerprint density at radius 3 is 2.58 bits per heavy atom. The van der Waals surface area contributed by atoms with Gasteiger partial charge in [-0.2, -0.15) is 13.2 Å². The Labute approximate surface area is 152 Å². The molecule has 4 nitrogen and oxygen atoms in total. The predicted octanol–water partition coefficient (Wildman–Crippen LogP) is 2.81. The second-order valence-corrected chi connectivity index (χ2v) is 7.44. The van der Waals surface area contributed by atoms with Crippen molar-refractivity contribution >= 4 is 5.91 Å². The van der Waals surface area contributed by atoms with E-state index in [9.17, 15) is 18.0 Å². The number of hydrogen-bond acceptors (Lipinski definition) is 3. The van der Waals surface area contributed by atoms with Gasteiger partial charge in [0.2, 0.25) is 0 Å². The average molecular weight is 369 g/mol. The molecule has 3 rings (SSSR count). The predicted molar refractivity (Wildman–Crippen MR) is 94.0 cm³/mol. The fourth-order valence-corrected chi connectivity index (χ4v) is 3.81. The van der Waals surface area contributed by atoms with Crippen LogP contribution in [0.3, 0.4) is 0 Å². The van der Waals surface area contributed by atoms with Gasteiger partial charge in [-0.25, -0.2) is 0 Å². The van der Waals surface area contributed by atoms with Gasteiger partial charge >= 0.3 is 6.18 Å². The summed E-state index contributed by atoms with van der Waals surface area (Å²) < 4.78 is 38.7. The largest absolute Gasteiger partial charge is 0.416 e. The van der Waals surface area contributed by atoms with Crippen LogP contribution in [0.4, 0.5) is 13.2 Å². The van der Waals surface area contributed by atoms with Crippen molar-refractivity contribution in [2.24, 2.45) is 5.92 Å². The first-order valence-electron chi connectivity index (χ1n) is 9.20. The molecule has 0 N–H and O–H groups in total. The first-order chi connectivity index (χ1) is 12.3. The molecule has 0 radical (unpaired) electrons. The highest BCUT2D eigenvalue weighted by atomic mass is 19.4. The molecule has 2 aliphatic rings. The number of carbonyl (C=O) groups excluding carboxylic acids is 1. The lowest BCUT2D eigenvalue weighted by molar-refractivity contribution is -0.137. The van der Waals surface area contributed by atoms with E-state index in [0.717, 1.165) is 57.7 Å². The molecule has 2 fully saturated rings. The maximum atomic E-state index is 12.9. The number of halogens is 3. The van der Waals surface area contributed by atoms with E-state index in [0.29, 0.717) is 19.0 Å². The Balaban J connectivity index is 1.61. The van der Waals surface area contributed by atoms with E-state index in [4.69, 9.17) is 0 Å². The van der Waals surface area contributed by atoms with Gasteiger partial charge in [0.25, 0.3) is 5.91 Å². The Kier molecular flexibility index (Phi) is 5.87. The number of hydrogen-bond donors (Lipinski definition) is 0. The zero-order valence-corrected chi connectivity index (χ0v) is 15.1. The van der Waals surface area contributed by atoms with E-state index in [-0.39, 0.29) is 11.5 Å². The molecule has 0 spiro atoms. The molecule has 1 amide bonds. The first kappa shape index (κ1) is 19.2. The smallest absolute Gasteiger partial charge is 0.338 e. The minimum Gasteiger partial charge on any atom is -0.338 e. The van der Waals surface area contributed by atoms with E-state index in [1.807, 2.05) is 0 Å². The summed E-state index contributed by atoms with van der Waals surface area (Å²) in [5.41, 5.74) is -0.644. The number of carbonyl (C=O) groups is 1.